The molecule has 6 nitrogen and oxygen atoms in total. The third kappa shape index (κ3) is 4.54. The highest BCUT2D eigenvalue weighted by Gasteiger charge is 2.12. The summed E-state index contributed by atoms with van der Waals surface area (Å²) in [4.78, 5) is 28.0. The Hall–Kier alpha value is -3.00. The van der Waals surface area contributed by atoms with Crippen LogP contribution < -0.4 is 5.32 Å². The van der Waals surface area contributed by atoms with Crippen molar-refractivity contribution in [3.05, 3.63) is 66.0 Å². The summed E-state index contributed by atoms with van der Waals surface area (Å²) >= 11 is 1.10. The Morgan fingerprint density at radius 3 is 2.58 bits per heavy atom. The smallest absolute Gasteiger partial charge is 0.230 e. The van der Waals surface area contributed by atoms with E-state index in [1.165, 1.54) is 6.07 Å². The van der Waals surface area contributed by atoms with E-state index in [9.17, 15) is 14.0 Å². The molecule has 0 unspecified atom stereocenters. The molecule has 0 spiro atoms. The molecule has 0 aliphatic rings. The Labute approximate surface area is 153 Å². The topological polar surface area (TPSA) is 87.7 Å². The Morgan fingerprint density at radius 1 is 1.08 bits per heavy atom. The minimum absolute atomic E-state index is 0.0522. The number of Topliss-reactive ketones (excluding diaryl/α,β-unsaturated/α-hetero) is 1. The van der Waals surface area contributed by atoms with Crippen LogP contribution in [0.25, 0.3) is 11.4 Å². The molecule has 0 radical (unpaired) electrons. The van der Waals surface area contributed by atoms with Crippen LogP contribution in [-0.2, 0) is 4.79 Å². The zero-order valence-electron chi connectivity index (χ0n) is 13.6. The van der Waals surface area contributed by atoms with Crippen molar-refractivity contribution in [1.82, 2.24) is 20.5 Å². The lowest BCUT2D eigenvalue weighted by Crippen LogP contribution is -2.30. The van der Waals surface area contributed by atoms with Gasteiger partial charge in [-0.1, -0.05) is 54.2 Å². The summed E-state index contributed by atoms with van der Waals surface area (Å²) < 4.78 is 13.7. The highest BCUT2D eigenvalue weighted by Crippen LogP contribution is 2.21. The zero-order chi connectivity index (χ0) is 18.4. The van der Waals surface area contributed by atoms with Gasteiger partial charge in [0.25, 0.3) is 0 Å². The molecule has 132 valence electrons. The Balaban J connectivity index is 1.49. The Morgan fingerprint density at radius 2 is 1.81 bits per heavy atom. The van der Waals surface area contributed by atoms with Crippen molar-refractivity contribution in [3.8, 4) is 11.4 Å². The highest BCUT2D eigenvalue weighted by atomic mass is 32.2. The first-order valence-electron chi connectivity index (χ1n) is 7.78. The molecule has 1 heterocycles. The van der Waals surface area contributed by atoms with Gasteiger partial charge < -0.3 is 5.32 Å². The molecule has 0 atom stereocenters. The Kier molecular flexibility index (Phi) is 5.75. The number of hydrogen-bond acceptors (Lipinski definition) is 5. The molecule has 1 aromatic heterocycles. The quantitative estimate of drug-likeness (QED) is 0.493. The second-order valence-electron chi connectivity index (χ2n) is 5.30. The van der Waals surface area contributed by atoms with Crippen LogP contribution in [0.5, 0.6) is 0 Å². The van der Waals surface area contributed by atoms with Crippen LogP contribution >= 0.6 is 11.8 Å². The van der Waals surface area contributed by atoms with Gasteiger partial charge in [-0.05, 0) is 12.1 Å². The van der Waals surface area contributed by atoms with Gasteiger partial charge in [-0.3, -0.25) is 14.7 Å². The molecule has 26 heavy (non-hydrogen) atoms. The van der Waals surface area contributed by atoms with Crippen molar-refractivity contribution in [2.45, 2.75) is 5.16 Å². The van der Waals surface area contributed by atoms with Gasteiger partial charge in [0.2, 0.25) is 11.1 Å². The summed E-state index contributed by atoms with van der Waals surface area (Å²) in [5, 5.41) is 9.50. The number of thioether (sulfide) groups is 1. The van der Waals surface area contributed by atoms with Crippen molar-refractivity contribution in [2.75, 3.05) is 12.3 Å². The predicted octanol–water partition coefficient (Wildman–Crippen LogP) is 2.70. The van der Waals surface area contributed by atoms with Gasteiger partial charge in [0.05, 0.1) is 17.9 Å². The van der Waals surface area contributed by atoms with Crippen LogP contribution in [0.4, 0.5) is 4.39 Å². The van der Waals surface area contributed by atoms with E-state index in [0.717, 1.165) is 11.8 Å². The number of aromatic amines is 1. The predicted molar refractivity (Wildman–Crippen MR) is 96.3 cm³/mol. The maximum absolute atomic E-state index is 13.7. The van der Waals surface area contributed by atoms with Gasteiger partial charge >= 0.3 is 0 Å². The first-order chi connectivity index (χ1) is 12.6. The number of carbonyl (C=O) groups excluding carboxylic acids is 2. The molecule has 2 N–H and O–H groups in total. The molecule has 1 amide bonds. The number of halogens is 1. The number of carbonyl (C=O) groups is 2. The average molecular weight is 370 g/mol. The van der Waals surface area contributed by atoms with Gasteiger partial charge in [0.1, 0.15) is 5.82 Å². The monoisotopic (exact) mass is 370 g/mol. The van der Waals surface area contributed by atoms with Crippen LogP contribution in [0.1, 0.15) is 10.4 Å². The van der Waals surface area contributed by atoms with Crippen LogP contribution in [0.3, 0.4) is 0 Å². The second-order valence-corrected chi connectivity index (χ2v) is 6.24. The number of amides is 1. The lowest BCUT2D eigenvalue weighted by Gasteiger charge is -2.03. The van der Waals surface area contributed by atoms with E-state index in [0.29, 0.717) is 22.1 Å². The lowest BCUT2D eigenvalue weighted by molar-refractivity contribution is -0.118. The minimum atomic E-state index is -0.405. The first kappa shape index (κ1) is 17.8. The van der Waals surface area contributed by atoms with E-state index in [1.54, 1.807) is 42.5 Å². The molecule has 2 aromatic carbocycles. The number of rotatable bonds is 7. The third-order valence-corrected chi connectivity index (χ3v) is 4.32. The zero-order valence-corrected chi connectivity index (χ0v) is 14.4. The number of benzene rings is 2. The largest absolute Gasteiger partial charge is 0.348 e. The molecule has 0 saturated heterocycles. The molecule has 0 bridgehead atoms. The molecule has 3 aromatic rings. The van der Waals surface area contributed by atoms with Crippen molar-refractivity contribution in [2.24, 2.45) is 0 Å². The van der Waals surface area contributed by atoms with Crippen LogP contribution in [0, 0.1) is 5.82 Å². The molecule has 3 rings (SSSR count). The number of H-pyrrole nitrogens is 1. The fourth-order valence-corrected chi connectivity index (χ4v) is 2.80. The SMILES string of the molecule is O=C(CSc1n[nH]c(-c2ccccc2F)n1)NCC(=O)c1ccccc1. The number of ketones is 1. The summed E-state index contributed by atoms with van der Waals surface area (Å²) in [6, 6.07) is 15.0. The van der Waals surface area contributed by atoms with E-state index in [1.807, 2.05) is 6.07 Å². The molecular weight excluding hydrogens is 355 g/mol. The van der Waals surface area contributed by atoms with E-state index in [-0.39, 0.29) is 24.0 Å². The number of nitrogens with zero attached hydrogens (tertiary/aromatic N) is 2. The van der Waals surface area contributed by atoms with Crippen molar-refractivity contribution in [1.29, 1.82) is 0 Å². The maximum Gasteiger partial charge on any atom is 0.230 e. The van der Waals surface area contributed by atoms with E-state index >= 15 is 0 Å². The minimum Gasteiger partial charge on any atom is -0.348 e. The molecular formula is C18H15FN4O2S. The Bertz CT molecular complexity index is 914. The first-order valence-corrected chi connectivity index (χ1v) is 8.77. The van der Waals surface area contributed by atoms with Crippen molar-refractivity contribution in [3.63, 3.8) is 0 Å². The molecule has 0 fully saturated rings. The normalized spacial score (nSPS) is 10.5. The third-order valence-electron chi connectivity index (χ3n) is 3.47. The van der Waals surface area contributed by atoms with Crippen LogP contribution in [0.15, 0.2) is 59.8 Å². The molecule has 0 aliphatic carbocycles. The van der Waals surface area contributed by atoms with Crippen molar-refractivity contribution < 1.29 is 14.0 Å². The second kappa shape index (κ2) is 8.39. The van der Waals surface area contributed by atoms with E-state index in [2.05, 4.69) is 20.5 Å². The fraction of sp³-hybridized carbons (Fsp3) is 0.111. The van der Waals surface area contributed by atoms with Gasteiger partial charge in [-0.2, -0.15) is 0 Å². The maximum atomic E-state index is 13.7. The standard InChI is InChI=1S/C18H15FN4O2S/c19-14-9-5-4-8-13(14)17-21-18(23-22-17)26-11-16(25)20-10-15(24)12-6-2-1-3-7-12/h1-9H,10-11H2,(H,20,25)(H,21,22,23). The summed E-state index contributed by atoms with van der Waals surface area (Å²) in [6.07, 6.45) is 0. The summed E-state index contributed by atoms with van der Waals surface area (Å²) in [5.74, 6) is -0.528. The van der Waals surface area contributed by atoms with Gasteiger partial charge in [-0.15, -0.1) is 5.10 Å². The lowest BCUT2D eigenvalue weighted by atomic mass is 10.1. The van der Waals surface area contributed by atoms with E-state index < -0.39 is 5.82 Å². The van der Waals surface area contributed by atoms with Crippen molar-refractivity contribution >= 4 is 23.5 Å². The van der Waals surface area contributed by atoms with E-state index in [4.69, 9.17) is 0 Å². The average Bonchev–Trinajstić information content (AvgIpc) is 3.14. The number of aromatic nitrogens is 3. The highest BCUT2D eigenvalue weighted by molar-refractivity contribution is 7.99. The van der Waals surface area contributed by atoms with Gasteiger partial charge in [0.15, 0.2) is 11.6 Å². The van der Waals surface area contributed by atoms with Crippen LogP contribution in [0.2, 0.25) is 0 Å². The van der Waals surface area contributed by atoms with Gasteiger partial charge in [-0.25, -0.2) is 9.37 Å². The number of hydrogen-bond donors (Lipinski definition) is 2. The van der Waals surface area contributed by atoms with Crippen LogP contribution in [-0.4, -0.2) is 39.2 Å². The molecule has 0 aliphatic heterocycles. The summed E-state index contributed by atoms with van der Waals surface area (Å²) in [7, 11) is 0. The molecule has 0 saturated carbocycles. The fourth-order valence-electron chi connectivity index (χ4n) is 2.17. The van der Waals surface area contributed by atoms with Gasteiger partial charge in [0, 0.05) is 5.56 Å². The molecule has 8 heteroatoms. The summed E-state index contributed by atoms with van der Waals surface area (Å²) in [6.45, 7) is -0.0716. The summed E-state index contributed by atoms with van der Waals surface area (Å²) in [5.41, 5.74) is 0.855. The number of nitrogens with one attached hydrogen (secondary N) is 2.